The van der Waals surface area contributed by atoms with Crippen molar-refractivity contribution in [3.05, 3.63) is 71.2 Å². The minimum atomic E-state index is -0.690. The smallest absolute Gasteiger partial charge is 0.337 e. The van der Waals surface area contributed by atoms with Crippen molar-refractivity contribution in [3.63, 3.8) is 0 Å². The van der Waals surface area contributed by atoms with Gasteiger partial charge < -0.3 is 20.7 Å². The highest BCUT2D eigenvalue weighted by atomic mass is 19.1. The first-order valence-electron chi connectivity index (χ1n) is 10.1. The summed E-state index contributed by atoms with van der Waals surface area (Å²) in [4.78, 5) is 38.7. The second-order valence-corrected chi connectivity index (χ2v) is 7.21. The number of benzene rings is 2. The largest absolute Gasteiger partial charge is 0.466 e. The highest BCUT2D eigenvalue weighted by molar-refractivity contribution is 6.00. The number of methoxy groups -OCH3 is 1. The minimum Gasteiger partial charge on any atom is -0.466 e. The molecule has 0 fully saturated rings. The average molecular weight is 440 g/mol. The Morgan fingerprint density at radius 2 is 1.81 bits per heavy atom. The topological polar surface area (TPSA) is 99.8 Å². The normalized spacial score (nSPS) is 15.8. The summed E-state index contributed by atoms with van der Waals surface area (Å²) in [6.45, 7) is 4.14. The number of amides is 4. The van der Waals surface area contributed by atoms with Crippen molar-refractivity contribution < 1.29 is 23.5 Å². The number of rotatable bonds is 6. The quantitative estimate of drug-likeness (QED) is 0.580. The molecule has 1 aliphatic rings. The fourth-order valence-corrected chi connectivity index (χ4v) is 3.50. The SMILES string of the molecule is CCCN1C(=O)NC(c2ccc(NC(=O)Nc3ccccc3F)cc2)C(C(=O)OC)=C1C. The van der Waals surface area contributed by atoms with Crippen molar-refractivity contribution in [2.45, 2.75) is 26.3 Å². The van der Waals surface area contributed by atoms with Gasteiger partial charge in [0, 0.05) is 17.9 Å². The van der Waals surface area contributed by atoms with Crippen LogP contribution in [0.1, 0.15) is 31.9 Å². The number of nitrogens with one attached hydrogen (secondary N) is 3. The Balaban J connectivity index is 1.79. The van der Waals surface area contributed by atoms with Gasteiger partial charge in [-0.15, -0.1) is 0 Å². The molecule has 8 nitrogen and oxygen atoms in total. The fraction of sp³-hybridized carbons (Fsp3) is 0.261. The van der Waals surface area contributed by atoms with Gasteiger partial charge in [0.15, 0.2) is 0 Å². The fourth-order valence-electron chi connectivity index (χ4n) is 3.50. The molecule has 168 valence electrons. The van der Waals surface area contributed by atoms with Crippen molar-refractivity contribution in [1.82, 2.24) is 10.2 Å². The molecule has 0 radical (unpaired) electrons. The van der Waals surface area contributed by atoms with E-state index >= 15 is 0 Å². The number of urea groups is 2. The minimum absolute atomic E-state index is 0.0616. The molecular weight excluding hydrogens is 415 g/mol. The van der Waals surface area contributed by atoms with Crippen LogP contribution in [0.5, 0.6) is 0 Å². The number of allylic oxidation sites excluding steroid dienone is 1. The Kier molecular flexibility index (Phi) is 7.09. The number of hydrogen-bond acceptors (Lipinski definition) is 4. The van der Waals surface area contributed by atoms with Gasteiger partial charge in [-0.2, -0.15) is 0 Å². The third-order valence-corrected chi connectivity index (χ3v) is 5.07. The first-order chi connectivity index (χ1) is 15.3. The van der Waals surface area contributed by atoms with Crippen molar-refractivity contribution >= 4 is 29.4 Å². The van der Waals surface area contributed by atoms with Crippen LogP contribution in [0.4, 0.5) is 25.4 Å². The zero-order valence-electron chi connectivity index (χ0n) is 18.1. The summed E-state index contributed by atoms with van der Waals surface area (Å²) in [6, 6.07) is 10.9. The zero-order chi connectivity index (χ0) is 23.3. The summed E-state index contributed by atoms with van der Waals surface area (Å²) < 4.78 is 18.6. The first-order valence-corrected chi connectivity index (χ1v) is 10.1. The molecule has 3 N–H and O–H groups in total. The van der Waals surface area contributed by atoms with Crippen LogP contribution in [0.2, 0.25) is 0 Å². The van der Waals surface area contributed by atoms with Crippen LogP contribution in [-0.4, -0.2) is 36.6 Å². The molecule has 1 atom stereocenters. The molecule has 0 aromatic heterocycles. The third-order valence-electron chi connectivity index (χ3n) is 5.07. The van der Waals surface area contributed by atoms with Gasteiger partial charge in [0.05, 0.1) is 24.4 Å². The molecule has 0 saturated heterocycles. The molecule has 2 aromatic carbocycles. The molecule has 32 heavy (non-hydrogen) atoms. The molecule has 3 rings (SSSR count). The molecular formula is C23H25FN4O4. The maximum Gasteiger partial charge on any atom is 0.337 e. The van der Waals surface area contributed by atoms with E-state index in [0.29, 0.717) is 29.1 Å². The number of carbonyl (C=O) groups excluding carboxylic acids is 3. The monoisotopic (exact) mass is 440 g/mol. The highest BCUT2D eigenvalue weighted by Gasteiger charge is 2.35. The Morgan fingerprint density at radius 3 is 2.44 bits per heavy atom. The predicted molar refractivity (Wildman–Crippen MR) is 118 cm³/mol. The lowest BCUT2D eigenvalue weighted by Gasteiger charge is -2.35. The number of anilines is 2. The Hall–Kier alpha value is -3.88. The second-order valence-electron chi connectivity index (χ2n) is 7.21. The van der Waals surface area contributed by atoms with Gasteiger partial charge in [-0.25, -0.2) is 18.8 Å². The van der Waals surface area contributed by atoms with Crippen molar-refractivity contribution in [2.24, 2.45) is 0 Å². The summed E-state index contributed by atoms with van der Waals surface area (Å²) >= 11 is 0. The van der Waals surface area contributed by atoms with Crippen LogP contribution in [0.3, 0.4) is 0 Å². The highest BCUT2D eigenvalue weighted by Crippen LogP contribution is 2.32. The molecule has 9 heteroatoms. The van der Waals surface area contributed by atoms with Gasteiger partial charge in [-0.1, -0.05) is 31.2 Å². The van der Waals surface area contributed by atoms with Crippen LogP contribution >= 0.6 is 0 Å². The van der Waals surface area contributed by atoms with Gasteiger partial charge in [0.2, 0.25) is 0 Å². The number of esters is 1. The average Bonchev–Trinajstić information content (AvgIpc) is 2.78. The Labute approximate surface area is 185 Å². The summed E-state index contributed by atoms with van der Waals surface area (Å²) in [6.07, 6.45) is 0.735. The van der Waals surface area contributed by atoms with Gasteiger partial charge in [-0.05, 0) is 43.2 Å². The van der Waals surface area contributed by atoms with Crippen LogP contribution in [0, 0.1) is 5.82 Å². The molecule has 0 saturated carbocycles. The number of ether oxygens (including phenoxy) is 1. The van der Waals surface area contributed by atoms with Gasteiger partial charge in [0.25, 0.3) is 0 Å². The molecule has 0 spiro atoms. The molecule has 2 aromatic rings. The molecule has 0 aliphatic carbocycles. The number of carbonyl (C=O) groups is 3. The second kappa shape index (κ2) is 9.95. The molecule has 1 aliphatic heterocycles. The van der Waals surface area contributed by atoms with Crippen LogP contribution in [-0.2, 0) is 9.53 Å². The summed E-state index contributed by atoms with van der Waals surface area (Å²) in [5.74, 6) is -1.07. The van der Waals surface area contributed by atoms with Crippen LogP contribution in [0.15, 0.2) is 59.8 Å². The van der Waals surface area contributed by atoms with Crippen molar-refractivity contribution in [1.29, 1.82) is 0 Å². The summed E-state index contributed by atoms with van der Waals surface area (Å²) in [5, 5.41) is 7.91. The maximum absolute atomic E-state index is 13.7. The van der Waals surface area contributed by atoms with Crippen LogP contribution < -0.4 is 16.0 Å². The maximum atomic E-state index is 13.7. The van der Waals surface area contributed by atoms with Crippen LogP contribution in [0.25, 0.3) is 0 Å². The van der Waals surface area contributed by atoms with Crippen molar-refractivity contribution in [2.75, 3.05) is 24.3 Å². The third kappa shape index (κ3) is 4.88. The lowest BCUT2D eigenvalue weighted by atomic mass is 9.94. The predicted octanol–water partition coefficient (Wildman–Crippen LogP) is 4.39. The number of para-hydroxylation sites is 1. The molecule has 1 heterocycles. The van der Waals surface area contributed by atoms with Crippen molar-refractivity contribution in [3.8, 4) is 0 Å². The Bertz CT molecular complexity index is 1050. The van der Waals surface area contributed by atoms with E-state index in [4.69, 9.17) is 4.74 Å². The van der Waals surface area contributed by atoms with E-state index in [9.17, 15) is 18.8 Å². The molecule has 4 amide bonds. The molecule has 0 bridgehead atoms. The molecule has 1 unspecified atom stereocenters. The number of nitrogens with zero attached hydrogens (tertiary/aromatic N) is 1. The zero-order valence-corrected chi connectivity index (χ0v) is 18.1. The first kappa shape index (κ1) is 22.8. The summed E-state index contributed by atoms with van der Waals surface area (Å²) in [5.41, 5.74) is 2.05. The van der Waals surface area contributed by atoms with E-state index in [1.807, 2.05) is 6.92 Å². The van der Waals surface area contributed by atoms with E-state index in [1.54, 1.807) is 37.3 Å². The lowest BCUT2D eigenvalue weighted by molar-refractivity contribution is -0.136. The van der Waals surface area contributed by atoms with Gasteiger partial charge in [0.1, 0.15) is 5.82 Å². The van der Waals surface area contributed by atoms with E-state index in [-0.39, 0.29) is 11.7 Å². The van der Waals surface area contributed by atoms with Gasteiger partial charge >= 0.3 is 18.0 Å². The number of hydrogen-bond donors (Lipinski definition) is 3. The van der Waals surface area contributed by atoms with E-state index in [1.165, 1.54) is 30.2 Å². The van der Waals surface area contributed by atoms with E-state index < -0.39 is 23.9 Å². The summed E-state index contributed by atoms with van der Waals surface area (Å²) in [7, 11) is 1.29. The van der Waals surface area contributed by atoms with E-state index in [2.05, 4.69) is 16.0 Å². The lowest BCUT2D eigenvalue weighted by Crippen LogP contribution is -2.48. The Morgan fingerprint density at radius 1 is 1.12 bits per heavy atom. The number of halogens is 1. The standard InChI is InChI=1S/C23H25FN4O4/c1-4-13-28-14(2)19(21(29)32-3)20(27-23(28)31)15-9-11-16(12-10-15)25-22(30)26-18-8-6-5-7-17(18)24/h5-12,20H,4,13H2,1-3H3,(H,27,31)(H2,25,26,30). The van der Waals surface area contributed by atoms with Gasteiger partial charge in [-0.3, -0.25) is 4.90 Å². The van der Waals surface area contributed by atoms with E-state index in [0.717, 1.165) is 6.42 Å².